The zero-order chi connectivity index (χ0) is 16.2. The average Bonchev–Trinajstić information content (AvgIpc) is 2.87. The van der Waals surface area contributed by atoms with Gasteiger partial charge in [0.05, 0.1) is 12.1 Å². The summed E-state index contributed by atoms with van der Waals surface area (Å²) in [6.07, 6.45) is 0.358. The van der Waals surface area contributed by atoms with Crippen LogP contribution in [0, 0.1) is 0 Å². The maximum atomic E-state index is 12.2. The fraction of sp³-hybridized carbons (Fsp3) is 0.588. The molecule has 2 rings (SSSR count). The van der Waals surface area contributed by atoms with Crippen molar-refractivity contribution >= 4 is 17.9 Å². The van der Waals surface area contributed by atoms with E-state index in [1.54, 1.807) is 11.8 Å². The minimum atomic E-state index is -0.508. The molecule has 1 N–H and O–H groups in total. The van der Waals surface area contributed by atoms with Gasteiger partial charge in [-0.15, -0.1) is 11.8 Å². The number of hydrogen-bond acceptors (Lipinski definition) is 4. The van der Waals surface area contributed by atoms with Crippen LogP contribution in [0.5, 0.6) is 0 Å². The van der Waals surface area contributed by atoms with Crippen molar-refractivity contribution in [3.05, 3.63) is 29.8 Å². The highest BCUT2D eigenvalue weighted by atomic mass is 32.2. The van der Waals surface area contributed by atoms with Crippen LogP contribution in [0.1, 0.15) is 39.7 Å². The van der Waals surface area contributed by atoms with Gasteiger partial charge in [-0.1, -0.05) is 19.1 Å². The molecule has 1 aliphatic heterocycles. The van der Waals surface area contributed by atoms with Crippen LogP contribution in [-0.4, -0.2) is 30.7 Å². The first-order valence-electron chi connectivity index (χ1n) is 7.67. The minimum Gasteiger partial charge on any atom is -0.444 e. The van der Waals surface area contributed by atoms with E-state index in [9.17, 15) is 4.79 Å². The lowest BCUT2D eigenvalue weighted by Crippen LogP contribution is -2.48. The van der Waals surface area contributed by atoms with Crippen molar-refractivity contribution in [2.45, 2.75) is 50.2 Å². The van der Waals surface area contributed by atoms with E-state index in [4.69, 9.17) is 9.47 Å². The molecule has 1 aromatic rings. The molecule has 5 heteroatoms. The number of thioether (sulfide) groups is 1. The summed E-state index contributed by atoms with van der Waals surface area (Å²) in [6.45, 7) is 8.84. The molecule has 22 heavy (non-hydrogen) atoms. The van der Waals surface area contributed by atoms with Gasteiger partial charge in [0.25, 0.3) is 0 Å². The molecule has 0 saturated carbocycles. The standard InChI is InChI=1S/C17H25NO3S/c1-5-22-14-8-6-13(7-9-14)17(10-11-20-12-17)18-15(19)21-16(2,3)4/h6-9H,5,10-12H2,1-4H3,(H,18,19). The Hall–Kier alpha value is -1.20. The molecule has 0 radical (unpaired) electrons. The van der Waals surface area contributed by atoms with E-state index in [0.29, 0.717) is 13.2 Å². The molecule has 1 aromatic carbocycles. The molecule has 4 nitrogen and oxygen atoms in total. The van der Waals surface area contributed by atoms with Crippen LogP contribution in [0.4, 0.5) is 4.79 Å². The smallest absolute Gasteiger partial charge is 0.408 e. The third-order valence-corrected chi connectivity index (χ3v) is 4.37. The normalized spacial score (nSPS) is 21.6. The van der Waals surface area contributed by atoms with E-state index in [2.05, 4.69) is 36.5 Å². The third kappa shape index (κ3) is 4.40. The number of amides is 1. The molecule has 1 atom stereocenters. The summed E-state index contributed by atoms with van der Waals surface area (Å²) in [4.78, 5) is 13.4. The van der Waals surface area contributed by atoms with E-state index in [0.717, 1.165) is 17.7 Å². The SMILES string of the molecule is CCSc1ccc(C2(NC(=O)OC(C)(C)C)CCOC2)cc1. The summed E-state index contributed by atoms with van der Waals surface area (Å²) in [5.74, 6) is 1.05. The van der Waals surface area contributed by atoms with Gasteiger partial charge in [-0.25, -0.2) is 4.79 Å². The van der Waals surface area contributed by atoms with Crippen molar-refractivity contribution in [2.75, 3.05) is 19.0 Å². The summed E-state index contributed by atoms with van der Waals surface area (Å²) < 4.78 is 10.9. The van der Waals surface area contributed by atoms with Crippen LogP contribution < -0.4 is 5.32 Å². The Morgan fingerprint density at radius 1 is 1.36 bits per heavy atom. The highest BCUT2D eigenvalue weighted by Crippen LogP contribution is 2.32. The molecular formula is C17H25NO3S. The van der Waals surface area contributed by atoms with Crippen molar-refractivity contribution in [2.24, 2.45) is 0 Å². The van der Waals surface area contributed by atoms with Crippen LogP contribution in [0.3, 0.4) is 0 Å². The van der Waals surface area contributed by atoms with Gasteiger partial charge in [0.1, 0.15) is 5.60 Å². The number of benzene rings is 1. The van der Waals surface area contributed by atoms with Crippen molar-refractivity contribution < 1.29 is 14.3 Å². The predicted molar refractivity (Wildman–Crippen MR) is 89.3 cm³/mol. The molecule has 1 saturated heterocycles. The first-order valence-corrected chi connectivity index (χ1v) is 8.65. The number of carbonyl (C=O) groups excluding carboxylic acids is 1. The van der Waals surface area contributed by atoms with E-state index < -0.39 is 17.2 Å². The van der Waals surface area contributed by atoms with Gasteiger partial charge < -0.3 is 14.8 Å². The summed E-state index contributed by atoms with van der Waals surface area (Å²) >= 11 is 1.80. The Kier molecular flexibility index (Phi) is 5.40. The van der Waals surface area contributed by atoms with Gasteiger partial charge in [0.15, 0.2) is 0 Å². The lowest BCUT2D eigenvalue weighted by molar-refractivity contribution is 0.0437. The lowest BCUT2D eigenvalue weighted by Gasteiger charge is -2.31. The summed E-state index contributed by atoms with van der Waals surface area (Å²) in [7, 11) is 0. The molecule has 0 aliphatic carbocycles. The van der Waals surface area contributed by atoms with E-state index in [1.165, 1.54) is 4.90 Å². The van der Waals surface area contributed by atoms with Gasteiger partial charge in [0.2, 0.25) is 0 Å². The van der Waals surface area contributed by atoms with Crippen molar-refractivity contribution in [1.82, 2.24) is 5.32 Å². The predicted octanol–water partition coefficient (Wildman–Crippen LogP) is 3.94. The molecule has 1 fully saturated rings. The number of nitrogens with one attached hydrogen (secondary N) is 1. The molecule has 0 bridgehead atoms. The van der Waals surface area contributed by atoms with Crippen LogP contribution >= 0.6 is 11.8 Å². The van der Waals surface area contributed by atoms with Crippen LogP contribution in [0.15, 0.2) is 29.2 Å². The number of rotatable bonds is 4. The Bertz CT molecular complexity index is 502. The van der Waals surface area contributed by atoms with Crippen LogP contribution in [0.2, 0.25) is 0 Å². The van der Waals surface area contributed by atoms with Gasteiger partial charge in [-0.05, 0) is 44.2 Å². The Balaban J connectivity index is 2.15. The quantitative estimate of drug-likeness (QED) is 0.853. The minimum absolute atomic E-state index is 0.398. The highest BCUT2D eigenvalue weighted by Gasteiger charge is 2.39. The second kappa shape index (κ2) is 6.92. The van der Waals surface area contributed by atoms with Crippen molar-refractivity contribution in [3.8, 4) is 0 Å². The number of alkyl carbamates (subject to hydrolysis) is 1. The van der Waals surface area contributed by atoms with Crippen LogP contribution in [-0.2, 0) is 15.0 Å². The van der Waals surface area contributed by atoms with E-state index in [-0.39, 0.29) is 0 Å². The molecule has 0 spiro atoms. The summed E-state index contributed by atoms with van der Waals surface area (Å²) in [6, 6.07) is 8.34. The van der Waals surface area contributed by atoms with Gasteiger partial charge in [0, 0.05) is 17.9 Å². The molecule has 1 amide bonds. The molecule has 122 valence electrons. The summed E-state index contributed by atoms with van der Waals surface area (Å²) in [5.41, 5.74) is 0.0701. The number of ether oxygens (including phenoxy) is 2. The van der Waals surface area contributed by atoms with Crippen molar-refractivity contribution in [3.63, 3.8) is 0 Å². The second-order valence-electron chi connectivity index (χ2n) is 6.47. The average molecular weight is 323 g/mol. The van der Waals surface area contributed by atoms with Crippen molar-refractivity contribution in [1.29, 1.82) is 0 Å². The topological polar surface area (TPSA) is 47.6 Å². The first kappa shape index (κ1) is 17.2. The van der Waals surface area contributed by atoms with E-state index in [1.807, 2.05) is 20.8 Å². The molecule has 1 heterocycles. The molecular weight excluding hydrogens is 298 g/mol. The maximum Gasteiger partial charge on any atom is 0.408 e. The Morgan fingerprint density at radius 2 is 2.05 bits per heavy atom. The van der Waals surface area contributed by atoms with Gasteiger partial charge in [-0.3, -0.25) is 0 Å². The first-order chi connectivity index (χ1) is 10.3. The fourth-order valence-electron chi connectivity index (χ4n) is 2.50. The Morgan fingerprint density at radius 3 is 2.55 bits per heavy atom. The van der Waals surface area contributed by atoms with Crippen LogP contribution in [0.25, 0.3) is 0 Å². The second-order valence-corrected chi connectivity index (χ2v) is 7.81. The maximum absolute atomic E-state index is 12.2. The lowest BCUT2D eigenvalue weighted by atomic mass is 9.89. The molecule has 0 aromatic heterocycles. The highest BCUT2D eigenvalue weighted by molar-refractivity contribution is 7.99. The fourth-order valence-corrected chi connectivity index (χ4v) is 3.16. The van der Waals surface area contributed by atoms with E-state index >= 15 is 0 Å². The summed E-state index contributed by atoms with van der Waals surface area (Å²) in [5, 5.41) is 3.02. The number of hydrogen-bond donors (Lipinski definition) is 1. The molecule has 1 unspecified atom stereocenters. The molecule has 1 aliphatic rings. The number of carbonyl (C=O) groups is 1. The monoisotopic (exact) mass is 323 g/mol. The Labute approximate surface area is 137 Å². The zero-order valence-corrected chi connectivity index (χ0v) is 14.6. The zero-order valence-electron chi connectivity index (χ0n) is 13.8. The largest absolute Gasteiger partial charge is 0.444 e. The third-order valence-electron chi connectivity index (χ3n) is 3.48. The van der Waals surface area contributed by atoms with Gasteiger partial charge >= 0.3 is 6.09 Å². The van der Waals surface area contributed by atoms with Gasteiger partial charge in [-0.2, -0.15) is 0 Å².